The molecule has 3 rings (SSSR count). The zero-order valence-corrected chi connectivity index (χ0v) is 16.5. The van der Waals surface area contributed by atoms with Crippen molar-refractivity contribution in [2.45, 2.75) is 38.8 Å². The first-order valence-electron chi connectivity index (χ1n) is 8.56. The van der Waals surface area contributed by atoms with Crippen LogP contribution in [-0.4, -0.2) is 36.3 Å². The summed E-state index contributed by atoms with van der Waals surface area (Å²) in [5, 5.41) is 12.5. The van der Waals surface area contributed by atoms with Crippen LogP contribution in [0, 0.1) is 13.8 Å². The van der Waals surface area contributed by atoms with Crippen molar-refractivity contribution in [3.63, 3.8) is 0 Å². The number of benzene rings is 1. The molecule has 0 aliphatic rings. The van der Waals surface area contributed by atoms with E-state index in [1.54, 1.807) is 4.68 Å². The van der Waals surface area contributed by atoms with E-state index in [0.29, 0.717) is 16.8 Å². The number of carbonyl (C=O) groups is 1. The smallest absolute Gasteiger partial charge is 0.214 e. The van der Waals surface area contributed by atoms with Gasteiger partial charge in [0.1, 0.15) is 0 Å². The van der Waals surface area contributed by atoms with Crippen LogP contribution in [-0.2, 0) is 7.05 Å². The lowest BCUT2D eigenvalue weighted by Gasteiger charge is -2.08. The van der Waals surface area contributed by atoms with Gasteiger partial charge in [-0.25, -0.2) is 0 Å². The van der Waals surface area contributed by atoms with Crippen molar-refractivity contribution in [1.29, 1.82) is 0 Å². The maximum atomic E-state index is 12.6. The lowest BCUT2D eigenvalue weighted by atomic mass is 10.0. The molecule has 0 fully saturated rings. The third-order valence-electron chi connectivity index (χ3n) is 4.65. The molecule has 0 amide bonds. The van der Waals surface area contributed by atoms with Crippen molar-refractivity contribution >= 4 is 17.5 Å². The molecule has 0 unspecified atom stereocenters. The van der Waals surface area contributed by atoms with Gasteiger partial charge in [0.05, 0.1) is 11.4 Å². The molecule has 0 atom stereocenters. The number of ketones is 1. The fourth-order valence-electron chi connectivity index (χ4n) is 2.78. The van der Waals surface area contributed by atoms with Crippen LogP contribution in [0.25, 0.3) is 5.69 Å². The fourth-order valence-corrected chi connectivity index (χ4v) is 3.55. The molecule has 7 heteroatoms. The number of carbonyl (C=O) groups excluding carboxylic acids is 1. The van der Waals surface area contributed by atoms with Gasteiger partial charge in [0.2, 0.25) is 5.16 Å². The van der Waals surface area contributed by atoms with E-state index in [-0.39, 0.29) is 5.78 Å². The van der Waals surface area contributed by atoms with Gasteiger partial charge in [-0.3, -0.25) is 4.79 Å². The Morgan fingerprint density at radius 2 is 1.88 bits per heavy atom. The Kier molecular flexibility index (Phi) is 5.27. The van der Waals surface area contributed by atoms with Crippen LogP contribution in [0.4, 0.5) is 0 Å². The van der Waals surface area contributed by atoms with E-state index < -0.39 is 0 Å². The summed E-state index contributed by atoms with van der Waals surface area (Å²) in [6, 6.07) is 10.1. The molecule has 0 aliphatic carbocycles. The Morgan fingerprint density at radius 3 is 2.46 bits per heavy atom. The molecule has 0 bridgehead atoms. The number of hydrogen-bond acceptors (Lipinski definition) is 5. The van der Waals surface area contributed by atoms with E-state index in [0.717, 1.165) is 22.6 Å². The maximum Gasteiger partial charge on any atom is 0.214 e. The van der Waals surface area contributed by atoms with Crippen molar-refractivity contribution in [1.82, 2.24) is 24.8 Å². The molecule has 0 aliphatic heterocycles. The van der Waals surface area contributed by atoms with Crippen LogP contribution >= 0.6 is 11.8 Å². The van der Waals surface area contributed by atoms with E-state index in [1.165, 1.54) is 17.3 Å². The molecule has 3 aromatic rings. The van der Waals surface area contributed by atoms with E-state index in [2.05, 4.69) is 41.5 Å². The Hall–Kier alpha value is -2.41. The van der Waals surface area contributed by atoms with Gasteiger partial charge in [0.15, 0.2) is 5.78 Å². The van der Waals surface area contributed by atoms with Gasteiger partial charge < -0.3 is 4.57 Å². The van der Waals surface area contributed by atoms with Crippen molar-refractivity contribution < 1.29 is 4.79 Å². The van der Waals surface area contributed by atoms with E-state index >= 15 is 0 Å². The van der Waals surface area contributed by atoms with Crippen molar-refractivity contribution in [3.05, 3.63) is 52.8 Å². The third kappa shape index (κ3) is 3.58. The number of hydrogen-bond donors (Lipinski definition) is 0. The first-order valence-corrected chi connectivity index (χ1v) is 9.54. The molecular weight excluding hydrogens is 346 g/mol. The van der Waals surface area contributed by atoms with Gasteiger partial charge >= 0.3 is 0 Å². The predicted molar refractivity (Wildman–Crippen MR) is 103 cm³/mol. The number of Topliss-reactive ketones (excluding diaryl/α,β-unsaturated/α-hetero) is 1. The number of tetrazole rings is 1. The quantitative estimate of drug-likeness (QED) is 0.489. The van der Waals surface area contributed by atoms with Crippen LogP contribution < -0.4 is 0 Å². The van der Waals surface area contributed by atoms with Crippen LogP contribution in [0.1, 0.15) is 47.1 Å². The third-order valence-corrected chi connectivity index (χ3v) is 5.57. The highest BCUT2D eigenvalue weighted by atomic mass is 32.2. The molecule has 0 radical (unpaired) electrons. The molecular formula is C19H23N5OS. The minimum absolute atomic E-state index is 0.0842. The van der Waals surface area contributed by atoms with Crippen LogP contribution in [0.3, 0.4) is 0 Å². The molecule has 136 valence electrons. The minimum Gasteiger partial charge on any atom is -0.351 e. The fraction of sp³-hybridized carbons (Fsp3) is 0.368. The van der Waals surface area contributed by atoms with Crippen LogP contribution in [0.15, 0.2) is 35.5 Å². The Labute approximate surface area is 157 Å². The Morgan fingerprint density at radius 1 is 1.19 bits per heavy atom. The lowest BCUT2D eigenvalue weighted by Crippen LogP contribution is -2.06. The van der Waals surface area contributed by atoms with Crippen molar-refractivity contribution in [2.24, 2.45) is 7.05 Å². The zero-order chi connectivity index (χ0) is 18.8. The SMILES string of the molecule is Cc1cc(C(=O)CSc2nnnn2-c2ccc(C(C)C)cc2)c(C)n1C. The van der Waals surface area contributed by atoms with Crippen LogP contribution in [0.2, 0.25) is 0 Å². The molecule has 2 aromatic heterocycles. The Balaban J connectivity index is 1.75. The summed E-state index contributed by atoms with van der Waals surface area (Å²) in [4.78, 5) is 12.6. The van der Waals surface area contributed by atoms with E-state index in [4.69, 9.17) is 0 Å². The van der Waals surface area contributed by atoms with Gasteiger partial charge in [-0.05, 0) is 54.0 Å². The largest absolute Gasteiger partial charge is 0.351 e. The standard InChI is InChI=1S/C19H23N5OS/c1-12(2)15-6-8-16(9-7-15)24-19(20-21-22-24)26-11-18(25)17-10-13(3)23(5)14(17)4/h6-10,12H,11H2,1-5H3. The summed E-state index contributed by atoms with van der Waals surface area (Å²) in [5.74, 6) is 0.859. The first-order chi connectivity index (χ1) is 12.4. The summed E-state index contributed by atoms with van der Waals surface area (Å²) < 4.78 is 3.70. The second-order valence-corrected chi connectivity index (χ2v) is 7.62. The lowest BCUT2D eigenvalue weighted by molar-refractivity contribution is 0.102. The molecule has 2 heterocycles. The van der Waals surface area contributed by atoms with Crippen LogP contribution in [0.5, 0.6) is 0 Å². The van der Waals surface area contributed by atoms with E-state index in [9.17, 15) is 4.79 Å². The number of aromatic nitrogens is 5. The maximum absolute atomic E-state index is 12.6. The number of rotatable bonds is 6. The zero-order valence-electron chi connectivity index (χ0n) is 15.7. The summed E-state index contributed by atoms with van der Waals surface area (Å²) in [6.45, 7) is 8.28. The van der Waals surface area contributed by atoms with Gasteiger partial charge in [0.25, 0.3) is 0 Å². The molecule has 26 heavy (non-hydrogen) atoms. The van der Waals surface area contributed by atoms with Crippen molar-refractivity contribution in [3.8, 4) is 5.69 Å². The average Bonchev–Trinajstić information content (AvgIpc) is 3.20. The monoisotopic (exact) mass is 369 g/mol. The molecule has 1 aromatic carbocycles. The van der Waals surface area contributed by atoms with E-state index in [1.807, 2.05) is 43.7 Å². The topological polar surface area (TPSA) is 65.6 Å². The number of aryl methyl sites for hydroxylation is 1. The average molecular weight is 369 g/mol. The van der Waals surface area contributed by atoms with Gasteiger partial charge in [-0.2, -0.15) is 4.68 Å². The van der Waals surface area contributed by atoms with Gasteiger partial charge in [0, 0.05) is 24.0 Å². The summed E-state index contributed by atoms with van der Waals surface area (Å²) >= 11 is 1.35. The molecule has 0 spiro atoms. The highest BCUT2D eigenvalue weighted by Crippen LogP contribution is 2.23. The highest BCUT2D eigenvalue weighted by Gasteiger charge is 2.17. The molecule has 0 saturated heterocycles. The van der Waals surface area contributed by atoms with Gasteiger partial charge in [-0.1, -0.05) is 37.7 Å². The highest BCUT2D eigenvalue weighted by molar-refractivity contribution is 7.99. The van der Waals surface area contributed by atoms with Crippen molar-refractivity contribution in [2.75, 3.05) is 5.75 Å². The minimum atomic E-state index is 0.0842. The number of thioether (sulfide) groups is 1. The molecule has 6 nitrogen and oxygen atoms in total. The second-order valence-electron chi connectivity index (χ2n) is 6.68. The summed E-state index contributed by atoms with van der Waals surface area (Å²) in [5.41, 5.74) is 4.97. The summed E-state index contributed by atoms with van der Waals surface area (Å²) in [6.07, 6.45) is 0. The first kappa shape index (κ1) is 18.4. The molecule has 0 saturated carbocycles. The van der Waals surface area contributed by atoms with Gasteiger partial charge in [-0.15, -0.1) is 5.10 Å². The molecule has 0 N–H and O–H groups in total. The summed E-state index contributed by atoms with van der Waals surface area (Å²) in [7, 11) is 1.97. The predicted octanol–water partition coefficient (Wildman–Crippen LogP) is 3.72. The Bertz CT molecular complexity index is 924. The number of nitrogens with zero attached hydrogens (tertiary/aromatic N) is 5. The second kappa shape index (κ2) is 7.45. The normalized spacial score (nSPS) is 11.3.